The highest BCUT2D eigenvalue weighted by molar-refractivity contribution is 9.10. The number of carbonyl (C=O) groups is 2. The summed E-state index contributed by atoms with van der Waals surface area (Å²) in [5.41, 5.74) is 0. The molecule has 0 heterocycles. The van der Waals surface area contributed by atoms with Crippen LogP contribution in [0, 0.1) is 5.92 Å². The van der Waals surface area contributed by atoms with Gasteiger partial charge in [0, 0.05) is 6.42 Å². The first kappa shape index (κ1) is 9.71. The molecule has 1 rings (SSSR count). The summed E-state index contributed by atoms with van der Waals surface area (Å²) >= 11 is 3.21. The second-order valence-electron chi connectivity index (χ2n) is 2.82. The molecule has 1 fully saturated rings. The molecular weight excluding hydrogens is 224 g/mol. The predicted molar refractivity (Wildman–Crippen MR) is 47.1 cm³/mol. The topological polar surface area (TPSA) is 43.4 Å². The minimum Gasteiger partial charge on any atom is -0.466 e. The highest BCUT2D eigenvalue weighted by Gasteiger charge is 2.35. The van der Waals surface area contributed by atoms with Crippen molar-refractivity contribution in [3.63, 3.8) is 0 Å². The minimum absolute atomic E-state index is 0.105. The van der Waals surface area contributed by atoms with E-state index in [0.717, 1.165) is 0 Å². The van der Waals surface area contributed by atoms with Gasteiger partial charge in [0.2, 0.25) is 0 Å². The van der Waals surface area contributed by atoms with Crippen molar-refractivity contribution in [2.24, 2.45) is 5.92 Å². The molecule has 0 spiro atoms. The summed E-state index contributed by atoms with van der Waals surface area (Å²) < 4.78 is 4.81. The van der Waals surface area contributed by atoms with E-state index in [9.17, 15) is 9.59 Å². The number of ether oxygens (including phenoxy) is 1. The molecule has 12 heavy (non-hydrogen) atoms. The summed E-state index contributed by atoms with van der Waals surface area (Å²) in [7, 11) is 0. The van der Waals surface area contributed by atoms with E-state index in [2.05, 4.69) is 15.9 Å². The van der Waals surface area contributed by atoms with Crippen LogP contribution in [-0.2, 0) is 14.3 Å². The van der Waals surface area contributed by atoms with Gasteiger partial charge in [-0.1, -0.05) is 15.9 Å². The highest BCUT2D eigenvalue weighted by atomic mass is 79.9. The van der Waals surface area contributed by atoms with Crippen LogP contribution in [0.1, 0.15) is 19.8 Å². The third-order valence-corrected chi connectivity index (χ3v) is 2.79. The SMILES string of the molecule is CCOC(=O)C1CC(=O)C(Br)C1. The number of esters is 1. The molecular formula is C8H11BrO3. The minimum atomic E-state index is -0.243. The molecule has 0 radical (unpaired) electrons. The van der Waals surface area contributed by atoms with Gasteiger partial charge in [0.05, 0.1) is 17.4 Å². The van der Waals surface area contributed by atoms with Crippen LogP contribution in [-0.4, -0.2) is 23.2 Å². The van der Waals surface area contributed by atoms with Gasteiger partial charge in [-0.15, -0.1) is 0 Å². The Morgan fingerprint density at radius 3 is 2.83 bits per heavy atom. The summed E-state index contributed by atoms with van der Waals surface area (Å²) in [4.78, 5) is 22.0. The number of halogens is 1. The maximum Gasteiger partial charge on any atom is 0.309 e. The first-order chi connectivity index (χ1) is 5.65. The first-order valence-corrected chi connectivity index (χ1v) is 4.90. The summed E-state index contributed by atoms with van der Waals surface area (Å²) in [6.45, 7) is 2.15. The first-order valence-electron chi connectivity index (χ1n) is 3.98. The normalized spacial score (nSPS) is 29.0. The van der Waals surface area contributed by atoms with E-state index in [1.54, 1.807) is 6.92 Å². The summed E-state index contributed by atoms with van der Waals surface area (Å²) in [6, 6.07) is 0. The van der Waals surface area contributed by atoms with Crippen LogP contribution >= 0.6 is 15.9 Å². The Kier molecular flexibility index (Phi) is 3.26. The maximum atomic E-state index is 11.1. The van der Waals surface area contributed by atoms with E-state index in [1.807, 2.05) is 0 Å². The number of alkyl halides is 1. The number of hydrogen-bond acceptors (Lipinski definition) is 3. The van der Waals surface area contributed by atoms with Crippen molar-refractivity contribution in [1.82, 2.24) is 0 Å². The van der Waals surface area contributed by atoms with Crippen molar-refractivity contribution in [2.45, 2.75) is 24.6 Å². The number of hydrogen-bond donors (Lipinski definition) is 0. The highest BCUT2D eigenvalue weighted by Crippen LogP contribution is 2.28. The fourth-order valence-corrected chi connectivity index (χ4v) is 1.91. The average Bonchev–Trinajstić information content (AvgIpc) is 2.33. The molecule has 2 unspecified atom stereocenters. The zero-order valence-corrected chi connectivity index (χ0v) is 8.46. The van der Waals surface area contributed by atoms with Crippen LogP contribution in [0.25, 0.3) is 0 Å². The van der Waals surface area contributed by atoms with Crippen molar-refractivity contribution in [3.05, 3.63) is 0 Å². The average molecular weight is 235 g/mol. The second-order valence-corrected chi connectivity index (χ2v) is 3.93. The molecule has 0 bridgehead atoms. The molecule has 2 atom stereocenters. The van der Waals surface area contributed by atoms with Gasteiger partial charge in [-0.25, -0.2) is 0 Å². The van der Waals surface area contributed by atoms with Gasteiger partial charge in [0.1, 0.15) is 5.78 Å². The zero-order valence-electron chi connectivity index (χ0n) is 6.88. The van der Waals surface area contributed by atoms with E-state index >= 15 is 0 Å². The molecule has 68 valence electrons. The lowest BCUT2D eigenvalue weighted by Crippen LogP contribution is -2.15. The molecule has 4 heteroatoms. The molecule has 0 aromatic carbocycles. The monoisotopic (exact) mass is 234 g/mol. The molecule has 0 aromatic rings. The third-order valence-electron chi connectivity index (χ3n) is 1.91. The fourth-order valence-electron chi connectivity index (χ4n) is 1.27. The smallest absolute Gasteiger partial charge is 0.309 e. The molecule has 1 aliphatic rings. The lowest BCUT2D eigenvalue weighted by Gasteiger charge is -2.06. The largest absolute Gasteiger partial charge is 0.466 e. The van der Waals surface area contributed by atoms with Crippen molar-refractivity contribution in [1.29, 1.82) is 0 Å². The van der Waals surface area contributed by atoms with Crippen LogP contribution < -0.4 is 0 Å². The predicted octanol–water partition coefficient (Wildman–Crippen LogP) is 1.29. The standard InChI is InChI=1S/C8H11BrO3/c1-2-12-8(11)5-3-6(9)7(10)4-5/h5-6H,2-4H2,1H3. The van der Waals surface area contributed by atoms with Gasteiger partial charge in [-0.3, -0.25) is 9.59 Å². The lowest BCUT2D eigenvalue weighted by atomic mass is 10.1. The van der Waals surface area contributed by atoms with Gasteiger partial charge in [0.25, 0.3) is 0 Å². The van der Waals surface area contributed by atoms with Crippen molar-refractivity contribution >= 4 is 27.7 Å². The number of carbonyl (C=O) groups excluding carboxylic acids is 2. The molecule has 1 aliphatic carbocycles. The van der Waals surface area contributed by atoms with Gasteiger partial charge in [0.15, 0.2) is 0 Å². The summed E-state index contributed by atoms with van der Waals surface area (Å²) in [5.74, 6) is -0.359. The molecule has 0 aromatic heterocycles. The Morgan fingerprint density at radius 2 is 2.42 bits per heavy atom. The van der Waals surface area contributed by atoms with Crippen molar-refractivity contribution in [3.8, 4) is 0 Å². The van der Waals surface area contributed by atoms with Crippen molar-refractivity contribution in [2.75, 3.05) is 6.61 Å². The Bertz CT molecular complexity index is 202. The zero-order chi connectivity index (χ0) is 9.14. The van der Waals surface area contributed by atoms with Crippen LogP contribution in [0.4, 0.5) is 0 Å². The molecule has 1 saturated carbocycles. The molecule has 0 N–H and O–H groups in total. The van der Waals surface area contributed by atoms with E-state index in [4.69, 9.17) is 4.74 Å². The number of rotatable bonds is 2. The summed E-state index contributed by atoms with van der Waals surface area (Å²) in [6.07, 6.45) is 0.909. The van der Waals surface area contributed by atoms with E-state index in [0.29, 0.717) is 19.4 Å². The van der Waals surface area contributed by atoms with Gasteiger partial charge >= 0.3 is 5.97 Å². The maximum absolute atomic E-state index is 11.1. The fraction of sp³-hybridized carbons (Fsp3) is 0.750. The number of ketones is 1. The Labute approximate surface area is 79.6 Å². The molecule has 0 amide bonds. The van der Waals surface area contributed by atoms with Crippen LogP contribution in [0.15, 0.2) is 0 Å². The second kappa shape index (κ2) is 4.03. The van der Waals surface area contributed by atoms with Gasteiger partial charge in [-0.2, -0.15) is 0 Å². The van der Waals surface area contributed by atoms with Gasteiger partial charge in [-0.05, 0) is 13.3 Å². The lowest BCUT2D eigenvalue weighted by molar-refractivity contribution is -0.148. The van der Waals surface area contributed by atoms with Crippen molar-refractivity contribution < 1.29 is 14.3 Å². The van der Waals surface area contributed by atoms with E-state index < -0.39 is 0 Å². The quantitative estimate of drug-likeness (QED) is 0.535. The molecule has 0 saturated heterocycles. The third kappa shape index (κ3) is 2.06. The summed E-state index contributed by atoms with van der Waals surface area (Å²) in [5, 5.41) is 0. The molecule has 3 nitrogen and oxygen atoms in total. The van der Waals surface area contributed by atoms with Crippen LogP contribution in [0.5, 0.6) is 0 Å². The van der Waals surface area contributed by atoms with Gasteiger partial charge < -0.3 is 4.74 Å². The van der Waals surface area contributed by atoms with Crippen LogP contribution in [0.3, 0.4) is 0 Å². The Hall–Kier alpha value is -0.380. The Balaban J connectivity index is 2.46. The van der Waals surface area contributed by atoms with E-state index in [1.165, 1.54) is 0 Å². The van der Waals surface area contributed by atoms with Crippen LogP contribution in [0.2, 0.25) is 0 Å². The Morgan fingerprint density at radius 1 is 1.75 bits per heavy atom. The number of Topliss-reactive ketones (excluding diaryl/α,β-unsaturated/α-hetero) is 1. The van der Waals surface area contributed by atoms with E-state index in [-0.39, 0.29) is 22.5 Å². The molecule has 0 aliphatic heterocycles.